The minimum atomic E-state index is -0.285. The van der Waals surface area contributed by atoms with E-state index in [9.17, 15) is 9.59 Å². The van der Waals surface area contributed by atoms with Crippen molar-refractivity contribution in [3.8, 4) is 0 Å². The Morgan fingerprint density at radius 2 is 1.58 bits per heavy atom. The lowest BCUT2D eigenvalue weighted by Gasteiger charge is -2.30. The first-order chi connectivity index (χ1) is 11.7. The molecule has 1 aromatic rings. The smallest absolute Gasteiger partial charge is 0.233 e. The van der Waals surface area contributed by atoms with Crippen molar-refractivity contribution in [2.45, 2.75) is 6.42 Å². The van der Waals surface area contributed by atoms with Gasteiger partial charge in [0.2, 0.25) is 11.8 Å². The van der Waals surface area contributed by atoms with Crippen LogP contribution in [0.2, 0.25) is 0 Å². The first kappa shape index (κ1) is 16.7. The van der Waals surface area contributed by atoms with Crippen LogP contribution in [0.25, 0.3) is 0 Å². The molecule has 0 aromatic heterocycles. The van der Waals surface area contributed by atoms with E-state index < -0.39 is 0 Å². The Hall–Kier alpha value is -2.12. The molecule has 130 valence electrons. The van der Waals surface area contributed by atoms with Gasteiger partial charge < -0.3 is 24.6 Å². The van der Waals surface area contributed by atoms with Gasteiger partial charge in [0.1, 0.15) is 6.42 Å². The number of nitrogens with one attached hydrogen (secondary N) is 1. The van der Waals surface area contributed by atoms with Crippen LogP contribution >= 0.6 is 0 Å². The number of nitrogens with zero attached hydrogens (tertiary/aromatic N) is 2. The van der Waals surface area contributed by atoms with E-state index in [0.717, 1.165) is 24.5 Å². The van der Waals surface area contributed by atoms with Gasteiger partial charge in [-0.15, -0.1) is 0 Å². The number of rotatable bonds is 4. The van der Waals surface area contributed by atoms with E-state index in [2.05, 4.69) is 10.2 Å². The number of anilines is 2. The van der Waals surface area contributed by atoms with Crippen LogP contribution in [0, 0.1) is 0 Å². The van der Waals surface area contributed by atoms with E-state index in [1.54, 1.807) is 4.90 Å². The SMILES string of the molecule is O=C(CC(=O)N1CCOCC1)Nc1ccccc1N1CCOCC1. The highest BCUT2D eigenvalue weighted by atomic mass is 16.5. The molecule has 0 aliphatic carbocycles. The topological polar surface area (TPSA) is 71.1 Å². The highest BCUT2D eigenvalue weighted by Crippen LogP contribution is 2.26. The first-order valence-corrected chi connectivity index (χ1v) is 8.31. The lowest BCUT2D eigenvalue weighted by Crippen LogP contribution is -2.42. The Labute approximate surface area is 141 Å². The van der Waals surface area contributed by atoms with E-state index in [1.807, 2.05) is 24.3 Å². The summed E-state index contributed by atoms with van der Waals surface area (Å²) in [6.45, 7) is 5.11. The fraction of sp³-hybridized carbons (Fsp3) is 0.529. The molecule has 2 fully saturated rings. The molecule has 1 N–H and O–H groups in total. The molecule has 1 aromatic carbocycles. The maximum absolute atomic E-state index is 12.3. The van der Waals surface area contributed by atoms with Gasteiger partial charge in [0.05, 0.1) is 37.8 Å². The minimum absolute atomic E-state index is 0.141. The molecule has 3 rings (SSSR count). The summed E-state index contributed by atoms with van der Waals surface area (Å²) in [6.07, 6.45) is -0.141. The van der Waals surface area contributed by atoms with Crippen LogP contribution in [0.5, 0.6) is 0 Å². The van der Waals surface area contributed by atoms with Crippen molar-refractivity contribution in [3.63, 3.8) is 0 Å². The summed E-state index contributed by atoms with van der Waals surface area (Å²) < 4.78 is 10.6. The van der Waals surface area contributed by atoms with E-state index >= 15 is 0 Å². The van der Waals surface area contributed by atoms with E-state index in [4.69, 9.17) is 9.47 Å². The van der Waals surface area contributed by atoms with Gasteiger partial charge >= 0.3 is 0 Å². The molecule has 0 bridgehead atoms. The Bertz CT molecular complexity index is 581. The van der Waals surface area contributed by atoms with Gasteiger partial charge in [-0.2, -0.15) is 0 Å². The minimum Gasteiger partial charge on any atom is -0.378 e. The average molecular weight is 333 g/mol. The molecule has 2 amide bonds. The van der Waals surface area contributed by atoms with Gasteiger partial charge in [0, 0.05) is 26.2 Å². The largest absolute Gasteiger partial charge is 0.378 e. The third kappa shape index (κ3) is 4.24. The van der Waals surface area contributed by atoms with Crippen molar-refractivity contribution in [2.24, 2.45) is 0 Å². The zero-order valence-corrected chi connectivity index (χ0v) is 13.7. The summed E-state index contributed by atoms with van der Waals surface area (Å²) >= 11 is 0. The second-order valence-electron chi connectivity index (χ2n) is 5.83. The maximum atomic E-state index is 12.3. The second-order valence-corrected chi connectivity index (χ2v) is 5.83. The summed E-state index contributed by atoms with van der Waals surface area (Å²) in [5.74, 6) is -0.438. The highest BCUT2D eigenvalue weighted by Gasteiger charge is 2.21. The number of hydrogen-bond acceptors (Lipinski definition) is 5. The normalized spacial score (nSPS) is 18.3. The third-order valence-electron chi connectivity index (χ3n) is 4.21. The van der Waals surface area contributed by atoms with Gasteiger partial charge in [-0.05, 0) is 12.1 Å². The van der Waals surface area contributed by atoms with Crippen molar-refractivity contribution < 1.29 is 19.1 Å². The van der Waals surface area contributed by atoms with Crippen molar-refractivity contribution in [3.05, 3.63) is 24.3 Å². The number of benzene rings is 1. The lowest BCUT2D eigenvalue weighted by atomic mass is 10.2. The van der Waals surface area contributed by atoms with Crippen molar-refractivity contribution in [2.75, 3.05) is 62.8 Å². The highest BCUT2D eigenvalue weighted by molar-refractivity contribution is 6.05. The Balaban J connectivity index is 1.60. The molecule has 2 aliphatic rings. The molecule has 2 aliphatic heterocycles. The van der Waals surface area contributed by atoms with Gasteiger partial charge in [0.15, 0.2) is 0 Å². The van der Waals surface area contributed by atoms with Crippen LogP contribution in [-0.4, -0.2) is 69.3 Å². The molecule has 2 saturated heterocycles. The van der Waals surface area contributed by atoms with E-state index in [-0.39, 0.29) is 18.2 Å². The standard InChI is InChI=1S/C17H23N3O4/c21-16(13-17(22)20-7-11-24-12-8-20)18-14-3-1-2-4-15(14)19-5-9-23-10-6-19/h1-4H,5-13H2,(H,18,21). The molecule has 0 unspecified atom stereocenters. The molecule has 7 nitrogen and oxygen atoms in total. The molecule has 2 heterocycles. The van der Waals surface area contributed by atoms with Crippen LogP contribution < -0.4 is 10.2 Å². The van der Waals surface area contributed by atoms with Crippen molar-refractivity contribution in [1.82, 2.24) is 4.90 Å². The Morgan fingerprint density at radius 3 is 2.29 bits per heavy atom. The summed E-state index contributed by atoms with van der Waals surface area (Å²) in [7, 11) is 0. The number of carbonyl (C=O) groups excluding carboxylic acids is 2. The number of carbonyl (C=O) groups is 2. The average Bonchev–Trinajstić information content (AvgIpc) is 2.63. The van der Waals surface area contributed by atoms with E-state index in [0.29, 0.717) is 39.5 Å². The molecule has 0 atom stereocenters. The van der Waals surface area contributed by atoms with Crippen LogP contribution in [0.1, 0.15) is 6.42 Å². The zero-order valence-electron chi connectivity index (χ0n) is 13.7. The summed E-state index contributed by atoms with van der Waals surface area (Å²) in [6, 6.07) is 7.66. The number of morpholine rings is 2. The predicted octanol–water partition coefficient (Wildman–Crippen LogP) is 0.711. The van der Waals surface area contributed by atoms with Crippen molar-refractivity contribution >= 4 is 23.2 Å². The number of para-hydroxylation sites is 2. The molecular weight excluding hydrogens is 310 g/mol. The van der Waals surface area contributed by atoms with Crippen LogP contribution in [0.3, 0.4) is 0 Å². The van der Waals surface area contributed by atoms with Crippen LogP contribution in [0.15, 0.2) is 24.3 Å². The third-order valence-corrected chi connectivity index (χ3v) is 4.21. The Morgan fingerprint density at radius 1 is 0.958 bits per heavy atom. The number of amides is 2. The molecule has 0 radical (unpaired) electrons. The van der Waals surface area contributed by atoms with Crippen molar-refractivity contribution in [1.29, 1.82) is 0 Å². The monoisotopic (exact) mass is 333 g/mol. The van der Waals surface area contributed by atoms with Crippen LogP contribution in [-0.2, 0) is 19.1 Å². The molecule has 7 heteroatoms. The molecule has 0 saturated carbocycles. The summed E-state index contributed by atoms with van der Waals surface area (Å²) in [5, 5.41) is 2.88. The fourth-order valence-corrected chi connectivity index (χ4v) is 2.92. The van der Waals surface area contributed by atoms with Gasteiger partial charge in [-0.25, -0.2) is 0 Å². The summed E-state index contributed by atoms with van der Waals surface area (Å²) in [4.78, 5) is 28.3. The summed E-state index contributed by atoms with van der Waals surface area (Å²) in [5.41, 5.74) is 1.70. The van der Waals surface area contributed by atoms with E-state index in [1.165, 1.54) is 0 Å². The fourth-order valence-electron chi connectivity index (χ4n) is 2.92. The van der Waals surface area contributed by atoms with Gasteiger partial charge in [0.25, 0.3) is 0 Å². The first-order valence-electron chi connectivity index (χ1n) is 8.31. The molecule has 24 heavy (non-hydrogen) atoms. The predicted molar refractivity (Wildman–Crippen MR) is 90.1 cm³/mol. The zero-order chi connectivity index (χ0) is 16.8. The Kier molecular flexibility index (Phi) is 5.66. The lowest BCUT2D eigenvalue weighted by molar-refractivity contribution is -0.138. The van der Waals surface area contributed by atoms with Gasteiger partial charge in [-0.3, -0.25) is 9.59 Å². The second kappa shape index (κ2) is 8.12. The number of ether oxygens (including phenoxy) is 2. The quantitative estimate of drug-likeness (QED) is 0.822. The van der Waals surface area contributed by atoms with Crippen LogP contribution in [0.4, 0.5) is 11.4 Å². The van der Waals surface area contributed by atoms with Gasteiger partial charge in [-0.1, -0.05) is 12.1 Å². The molecular formula is C17H23N3O4. The number of hydrogen-bond donors (Lipinski definition) is 1. The molecule has 0 spiro atoms. The maximum Gasteiger partial charge on any atom is 0.233 e.